The van der Waals surface area contributed by atoms with Gasteiger partial charge in [-0.2, -0.15) is 0 Å². The Morgan fingerprint density at radius 2 is 2.23 bits per heavy atom. The number of nitrogens with one attached hydrogen (secondary N) is 2. The van der Waals surface area contributed by atoms with Crippen LogP contribution in [0, 0.1) is 0 Å². The molecule has 0 aromatic carbocycles. The molecule has 2 N–H and O–H groups in total. The van der Waals surface area contributed by atoms with Gasteiger partial charge in [-0.1, -0.05) is 6.07 Å². The summed E-state index contributed by atoms with van der Waals surface area (Å²) in [5.41, 5.74) is 2.21. The molecule has 0 aliphatic rings. The van der Waals surface area contributed by atoms with Gasteiger partial charge in [-0.25, -0.2) is 0 Å². The molecule has 2 aromatic rings. The lowest BCUT2D eigenvalue weighted by atomic mass is 10.2. The molecule has 2 heterocycles. The predicted octanol–water partition coefficient (Wildman–Crippen LogP) is 1.85. The lowest BCUT2D eigenvalue weighted by Gasteiger charge is -2.08. The van der Waals surface area contributed by atoms with Gasteiger partial charge in [0.15, 0.2) is 0 Å². The molecule has 0 spiro atoms. The van der Waals surface area contributed by atoms with Crippen molar-refractivity contribution in [3.63, 3.8) is 0 Å². The van der Waals surface area contributed by atoms with Gasteiger partial charge in [-0.05, 0) is 30.2 Å². The summed E-state index contributed by atoms with van der Waals surface area (Å²) in [6, 6.07) is 7.33. The second-order valence-corrected chi connectivity index (χ2v) is 4.75. The van der Waals surface area contributed by atoms with Crippen LogP contribution in [-0.2, 0) is 11.3 Å². The van der Waals surface area contributed by atoms with Crippen LogP contribution in [-0.4, -0.2) is 36.1 Å². The number of aromatic nitrogens is 2. The van der Waals surface area contributed by atoms with E-state index in [9.17, 15) is 4.79 Å². The summed E-state index contributed by atoms with van der Waals surface area (Å²) in [5.74, 6) is -0.204. The Hall–Kier alpha value is -2.47. The number of pyridine rings is 2. The Bertz CT molecular complexity index is 590. The van der Waals surface area contributed by atoms with Crippen LogP contribution in [0.5, 0.6) is 0 Å². The molecule has 2 rings (SSSR count). The van der Waals surface area contributed by atoms with Crippen molar-refractivity contribution in [3.05, 3.63) is 54.1 Å². The van der Waals surface area contributed by atoms with E-state index >= 15 is 0 Å². The maximum Gasteiger partial charge on any atom is 0.270 e. The number of nitrogens with zero attached hydrogens (tertiary/aromatic N) is 2. The largest absolute Gasteiger partial charge is 0.385 e. The number of hydrogen-bond donors (Lipinski definition) is 2. The summed E-state index contributed by atoms with van der Waals surface area (Å²) < 4.78 is 4.99. The molecular weight excluding hydrogens is 280 g/mol. The number of methoxy groups -OCH3 is 1. The lowest BCUT2D eigenvalue weighted by molar-refractivity contribution is 0.0946. The van der Waals surface area contributed by atoms with Gasteiger partial charge in [0.05, 0.1) is 0 Å². The second-order valence-electron chi connectivity index (χ2n) is 4.75. The molecule has 6 heteroatoms. The van der Waals surface area contributed by atoms with Crippen molar-refractivity contribution in [2.75, 3.05) is 25.6 Å². The Labute approximate surface area is 129 Å². The van der Waals surface area contributed by atoms with Gasteiger partial charge in [0.25, 0.3) is 5.91 Å². The van der Waals surface area contributed by atoms with Crippen LogP contribution in [0.25, 0.3) is 0 Å². The molecule has 1 amide bonds. The van der Waals surface area contributed by atoms with Gasteiger partial charge in [0.2, 0.25) is 0 Å². The van der Waals surface area contributed by atoms with Crippen LogP contribution < -0.4 is 10.6 Å². The number of carbonyl (C=O) groups is 1. The van der Waals surface area contributed by atoms with E-state index in [1.807, 2.05) is 18.2 Å². The first kappa shape index (κ1) is 15.9. The van der Waals surface area contributed by atoms with Crippen molar-refractivity contribution in [2.24, 2.45) is 0 Å². The normalized spacial score (nSPS) is 10.2. The number of carbonyl (C=O) groups excluding carboxylic acids is 1. The highest BCUT2D eigenvalue weighted by molar-refractivity contribution is 5.93. The van der Waals surface area contributed by atoms with E-state index in [1.54, 1.807) is 31.8 Å². The molecule has 0 aliphatic heterocycles. The summed E-state index contributed by atoms with van der Waals surface area (Å²) in [6.07, 6.45) is 5.95. The molecule has 0 atom stereocenters. The highest BCUT2D eigenvalue weighted by atomic mass is 16.5. The topological polar surface area (TPSA) is 76.1 Å². The quantitative estimate of drug-likeness (QED) is 0.728. The number of hydrogen-bond acceptors (Lipinski definition) is 5. The zero-order valence-corrected chi connectivity index (χ0v) is 12.6. The smallest absolute Gasteiger partial charge is 0.270 e. The van der Waals surface area contributed by atoms with Gasteiger partial charge >= 0.3 is 0 Å². The fourth-order valence-electron chi connectivity index (χ4n) is 1.89. The summed E-state index contributed by atoms with van der Waals surface area (Å²) >= 11 is 0. The van der Waals surface area contributed by atoms with Crippen molar-refractivity contribution in [3.8, 4) is 0 Å². The Balaban J connectivity index is 1.86. The zero-order valence-electron chi connectivity index (χ0n) is 12.6. The molecule has 22 heavy (non-hydrogen) atoms. The highest BCUT2D eigenvalue weighted by Crippen LogP contribution is 2.08. The van der Waals surface area contributed by atoms with Crippen LogP contribution in [0.2, 0.25) is 0 Å². The Morgan fingerprint density at radius 1 is 1.32 bits per heavy atom. The molecule has 0 fully saturated rings. The molecule has 116 valence electrons. The van der Waals surface area contributed by atoms with Crippen LogP contribution in [0.4, 0.5) is 5.69 Å². The monoisotopic (exact) mass is 300 g/mol. The number of anilines is 1. The molecule has 6 nitrogen and oxygen atoms in total. The summed E-state index contributed by atoms with van der Waals surface area (Å²) in [5, 5.41) is 6.07. The van der Waals surface area contributed by atoms with E-state index in [4.69, 9.17) is 4.74 Å². The van der Waals surface area contributed by atoms with Crippen LogP contribution >= 0.6 is 0 Å². The fourth-order valence-corrected chi connectivity index (χ4v) is 1.89. The lowest BCUT2D eigenvalue weighted by Crippen LogP contribution is -2.24. The molecule has 0 aliphatic carbocycles. The Kier molecular flexibility index (Phi) is 6.32. The second kappa shape index (κ2) is 8.74. The van der Waals surface area contributed by atoms with Gasteiger partial charge in [0, 0.05) is 51.1 Å². The molecular formula is C16H20N4O2. The van der Waals surface area contributed by atoms with Crippen molar-refractivity contribution >= 4 is 11.6 Å². The van der Waals surface area contributed by atoms with Crippen molar-refractivity contribution in [1.29, 1.82) is 0 Å². The van der Waals surface area contributed by atoms with Crippen molar-refractivity contribution in [1.82, 2.24) is 15.3 Å². The molecule has 0 saturated carbocycles. The highest BCUT2D eigenvalue weighted by Gasteiger charge is 2.07. The fraction of sp³-hybridized carbons (Fsp3) is 0.312. The van der Waals surface area contributed by atoms with Gasteiger partial charge in [0.1, 0.15) is 5.69 Å². The number of amides is 1. The molecule has 0 saturated heterocycles. The summed E-state index contributed by atoms with van der Waals surface area (Å²) in [6.45, 7) is 1.92. The number of rotatable bonds is 8. The van der Waals surface area contributed by atoms with E-state index in [1.165, 1.54) is 0 Å². The molecule has 0 radical (unpaired) electrons. The van der Waals surface area contributed by atoms with Gasteiger partial charge in [-0.15, -0.1) is 0 Å². The maximum atomic E-state index is 12.1. The van der Waals surface area contributed by atoms with Gasteiger partial charge in [-0.3, -0.25) is 14.8 Å². The third-order valence-electron chi connectivity index (χ3n) is 3.02. The average Bonchev–Trinajstić information content (AvgIpc) is 2.58. The predicted molar refractivity (Wildman–Crippen MR) is 84.6 cm³/mol. The average molecular weight is 300 g/mol. The first-order valence-electron chi connectivity index (χ1n) is 7.15. The standard InChI is InChI=1S/C16H20N4O2/c1-22-9-3-7-18-14-5-8-19-15(10-14)16(21)20-12-13-4-2-6-17-11-13/h2,4-6,8,10-11H,3,7,9,12H2,1H3,(H,18,19)(H,20,21). The summed E-state index contributed by atoms with van der Waals surface area (Å²) in [4.78, 5) is 20.2. The third kappa shape index (κ3) is 5.14. The number of ether oxygens (including phenoxy) is 1. The van der Waals surface area contributed by atoms with E-state index in [0.717, 1.165) is 24.2 Å². The molecule has 2 aromatic heterocycles. The first-order valence-corrected chi connectivity index (χ1v) is 7.15. The minimum atomic E-state index is -0.204. The third-order valence-corrected chi connectivity index (χ3v) is 3.02. The van der Waals surface area contributed by atoms with Crippen LogP contribution in [0.1, 0.15) is 22.5 Å². The van der Waals surface area contributed by atoms with Crippen LogP contribution in [0.3, 0.4) is 0 Å². The SMILES string of the molecule is COCCCNc1ccnc(C(=O)NCc2cccnc2)c1. The van der Waals surface area contributed by atoms with E-state index in [-0.39, 0.29) is 5.91 Å². The van der Waals surface area contributed by atoms with Crippen molar-refractivity contribution in [2.45, 2.75) is 13.0 Å². The van der Waals surface area contributed by atoms with Crippen LogP contribution in [0.15, 0.2) is 42.9 Å². The molecule has 0 bridgehead atoms. The van der Waals surface area contributed by atoms with E-state index < -0.39 is 0 Å². The van der Waals surface area contributed by atoms with Crippen molar-refractivity contribution < 1.29 is 9.53 Å². The zero-order chi connectivity index (χ0) is 15.6. The van der Waals surface area contributed by atoms with E-state index in [0.29, 0.717) is 18.8 Å². The Morgan fingerprint density at radius 3 is 3.00 bits per heavy atom. The van der Waals surface area contributed by atoms with E-state index in [2.05, 4.69) is 20.6 Å². The van der Waals surface area contributed by atoms with Gasteiger partial charge < -0.3 is 15.4 Å². The maximum absolute atomic E-state index is 12.1. The minimum Gasteiger partial charge on any atom is -0.385 e. The molecule has 0 unspecified atom stereocenters. The summed E-state index contributed by atoms with van der Waals surface area (Å²) in [7, 11) is 1.68. The first-order chi connectivity index (χ1) is 10.8. The minimum absolute atomic E-state index is 0.204.